The fraction of sp³-hybridized carbons (Fsp3) is 0.222. The molecule has 0 spiro atoms. The third-order valence-electron chi connectivity index (χ3n) is 1.67. The van der Waals surface area contributed by atoms with Crippen LogP contribution in [0.2, 0.25) is 0 Å². The van der Waals surface area contributed by atoms with E-state index in [4.69, 9.17) is 4.74 Å². The highest BCUT2D eigenvalue weighted by Crippen LogP contribution is 2.03. The Morgan fingerprint density at radius 1 is 1.71 bits per heavy atom. The molecule has 0 fully saturated rings. The lowest BCUT2D eigenvalue weighted by Crippen LogP contribution is -2.04. The Labute approximate surface area is 80.3 Å². The molecule has 0 aliphatic rings. The number of hydrogen-bond donors (Lipinski definition) is 0. The first-order valence-corrected chi connectivity index (χ1v) is 4.21. The molecule has 0 saturated heterocycles. The van der Waals surface area contributed by atoms with Crippen LogP contribution >= 0.6 is 0 Å². The first kappa shape index (κ1) is 8.68. The summed E-state index contributed by atoms with van der Waals surface area (Å²) in [5, 5.41) is 3.87. The number of hydrogen-bond acceptors (Lipinski definition) is 4. The van der Waals surface area contributed by atoms with E-state index >= 15 is 0 Å². The van der Waals surface area contributed by atoms with Gasteiger partial charge in [0.05, 0.1) is 12.8 Å². The molecule has 71 valence electrons. The van der Waals surface area contributed by atoms with E-state index in [0.717, 1.165) is 0 Å². The van der Waals surface area contributed by atoms with Crippen molar-refractivity contribution in [1.29, 1.82) is 0 Å². The van der Waals surface area contributed by atoms with Crippen molar-refractivity contribution < 1.29 is 9.53 Å². The Kier molecular flexibility index (Phi) is 2.14. The first-order valence-electron chi connectivity index (χ1n) is 4.21. The molecule has 14 heavy (non-hydrogen) atoms. The summed E-state index contributed by atoms with van der Waals surface area (Å²) >= 11 is 0. The topological polar surface area (TPSA) is 56.5 Å². The number of ether oxygens (including phenoxy) is 1. The summed E-state index contributed by atoms with van der Waals surface area (Å²) < 4.78 is 6.28. The maximum absolute atomic E-state index is 11.3. The van der Waals surface area contributed by atoms with Gasteiger partial charge in [-0.3, -0.25) is 0 Å². The van der Waals surface area contributed by atoms with E-state index in [2.05, 4.69) is 16.3 Å². The van der Waals surface area contributed by atoms with Gasteiger partial charge in [-0.15, -0.1) is 0 Å². The average Bonchev–Trinajstić information content (AvgIpc) is 2.61. The highest BCUT2D eigenvalue weighted by atomic mass is 16.5. The van der Waals surface area contributed by atoms with Crippen LogP contribution in [0.3, 0.4) is 0 Å². The minimum Gasteiger partial charge on any atom is -0.461 e. The molecule has 0 unspecified atom stereocenters. The second-order valence-corrected chi connectivity index (χ2v) is 2.61. The molecule has 2 aromatic rings. The van der Waals surface area contributed by atoms with Crippen molar-refractivity contribution in [1.82, 2.24) is 14.6 Å². The maximum Gasteiger partial charge on any atom is 0.358 e. The monoisotopic (exact) mass is 190 g/mol. The van der Waals surface area contributed by atoms with E-state index in [-0.39, 0.29) is 5.69 Å². The van der Waals surface area contributed by atoms with Gasteiger partial charge in [0.2, 0.25) is 0 Å². The molecule has 0 N–H and O–H groups in total. The number of aromatic nitrogens is 3. The van der Waals surface area contributed by atoms with Gasteiger partial charge in [-0.2, -0.15) is 5.10 Å². The van der Waals surface area contributed by atoms with E-state index in [1.165, 1.54) is 10.7 Å². The molecule has 0 aliphatic heterocycles. The molecule has 0 bridgehead atoms. The summed E-state index contributed by atoms with van der Waals surface area (Å²) in [5.74, 6) is -0.432. The van der Waals surface area contributed by atoms with Gasteiger partial charge < -0.3 is 4.74 Å². The number of fused-ring (bicyclic) bond motifs is 1. The summed E-state index contributed by atoms with van der Waals surface area (Å²) in [5.41, 5.74) is 0.866. The van der Waals surface area contributed by atoms with Crippen LogP contribution in [0.1, 0.15) is 17.4 Å². The van der Waals surface area contributed by atoms with E-state index in [9.17, 15) is 4.79 Å². The van der Waals surface area contributed by atoms with Crippen LogP contribution in [0.5, 0.6) is 0 Å². The third kappa shape index (κ3) is 1.44. The normalized spacial score (nSPS) is 10.4. The molecule has 0 saturated carbocycles. The molecule has 2 aromatic heterocycles. The number of carbonyl (C=O) groups is 1. The van der Waals surface area contributed by atoms with Gasteiger partial charge in [-0.25, -0.2) is 14.3 Å². The Balaban J connectivity index is 2.40. The number of imidazole rings is 1. The number of esters is 1. The van der Waals surface area contributed by atoms with Gasteiger partial charge >= 0.3 is 5.97 Å². The molecular weight excluding hydrogens is 182 g/mol. The van der Waals surface area contributed by atoms with Crippen molar-refractivity contribution in [3.63, 3.8) is 0 Å². The van der Waals surface area contributed by atoms with Gasteiger partial charge in [0, 0.05) is 0 Å². The third-order valence-corrected chi connectivity index (χ3v) is 1.67. The van der Waals surface area contributed by atoms with E-state index in [1.54, 1.807) is 19.1 Å². The quantitative estimate of drug-likeness (QED) is 0.654. The summed E-state index contributed by atoms with van der Waals surface area (Å²) in [6, 6.07) is 3.35. The van der Waals surface area contributed by atoms with Crippen LogP contribution in [0, 0.1) is 6.20 Å². The Morgan fingerprint density at radius 2 is 2.57 bits per heavy atom. The molecule has 0 aliphatic carbocycles. The predicted molar refractivity (Wildman–Crippen MR) is 47.8 cm³/mol. The number of nitrogens with zero attached hydrogens (tertiary/aromatic N) is 3. The zero-order valence-electron chi connectivity index (χ0n) is 7.60. The summed E-state index contributed by atoms with van der Waals surface area (Å²) in [4.78, 5) is 15.3. The molecule has 5 nitrogen and oxygen atoms in total. The molecule has 0 atom stereocenters. The molecule has 0 amide bonds. The van der Waals surface area contributed by atoms with E-state index in [1.807, 2.05) is 0 Å². The van der Waals surface area contributed by atoms with Crippen molar-refractivity contribution in [2.45, 2.75) is 6.92 Å². The fourth-order valence-electron chi connectivity index (χ4n) is 1.09. The van der Waals surface area contributed by atoms with Gasteiger partial charge in [-0.1, -0.05) is 0 Å². The van der Waals surface area contributed by atoms with Crippen molar-refractivity contribution >= 4 is 11.6 Å². The molecule has 2 heterocycles. The van der Waals surface area contributed by atoms with E-state index in [0.29, 0.717) is 12.3 Å². The minimum atomic E-state index is -0.432. The maximum atomic E-state index is 11.3. The minimum absolute atomic E-state index is 0.263. The van der Waals surface area contributed by atoms with Crippen LogP contribution in [0.4, 0.5) is 0 Å². The van der Waals surface area contributed by atoms with Crippen LogP contribution < -0.4 is 0 Å². The Hall–Kier alpha value is -1.91. The molecular formula is C9H8N3O2. The smallest absolute Gasteiger partial charge is 0.358 e. The van der Waals surface area contributed by atoms with Crippen molar-refractivity contribution in [3.8, 4) is 0 Å². The van der Waals surface area contributed by atoms with Gasteiger partial charge in [-0.05, 0) is 19.1 Å². The van der Waals surface area contributed by atoms with Crippen molar-refractivity contribution in [3.05, 3.63) is 30.2 Å². The zero-order chi connectivity index (χ0) is 9.97. The number of carbonyl (C=O) groups excluding carboxylic acids is 1. The van der Waals surface area contributed by atoms with Gasteiger partial charge in [0.25, 0.3) is 0 Å². The lowest BCUT2D eigenvalue weighted by molar-refractivity contribution is 0.0520. The molecule has 1 radical (unpaired) electrons. The highest BCUT2D eigenvalue weighted by molar-refractivity contribution is 5.87. The zero-order valence-corrected chi connectivity index (χ0v) is 7.60. The second-order valence-electron chi connectivity index (χ2n) is 2.61. The summed E-state index contributed by atoms with van der Waals surface area (Å²) in [6.07, 6.45) is 4.16. The first-order chi connectivity index (χ1) is 6.81. The second kappa shape index (κ2) is 3.45. The average molecular weight is 190 g/mol. The van der Waals surface area contributed by atoms with Crippen molar-refractivity contribution in [2.24, 2.45) is 0 Å². The lowest BCUT2D eigenvalue weighted by Gasteiger charge is -1.94. The van der Waals surface area contributed by atoms with Crippen LogP contribution in [0.25, 0.3) is 5.65 Å². The standard InChI is InChI=1S/C9H8N3O2/c1-2-14-9(13)7-6-12-8(11-7)4-3-5-10-12/h3-4,6H,2H2,1H3. The lowest BCUT2D eigenvalue weighted by atomic mass is 10.5. The van der Waals surface area contributed by atoms with Gasteiger partial charge in [0.15, 0.2) is 11.3 Å². The van der Waals surface area contributed by atoms with Crippen LogP contribution in [-0.4, -0.2) is 27.2 Å². The fourth-order valence-corrected chi connectivity index (χ4v) is 1.09. The van der Waals surface area contributed by atoms with E-state index < -0.39 is 5.97 Å². The molecule has 5 heteroatoms. The largest absolute Gasteiger partial charge is 0.461 e. The number of rotatable bonds is 2. The van der Waals surface area contributed by atoms with Crippen LogP contribution in [0.15, 0.2) is 18.3 Å². The summed E-state index contributed by atoms with van der Waals surface area (Å²) in [7, 11) is 0. The predicted octanol–water partition coefficient (Wildman–Crippen LogP) is 0.706. The molecule has 2 rings (SSSR count). The van der Waals surface area contributed by atoms with Crippen LogP contribution in [-0.2, 0) is 4.74 Å². The Morgan fingerprint density at radius 3 is 3.29 bits per heavy atom. The Bertz CT molecular complexity index is 431. The molecule has 0 aromatic carbocycles. The SMILES string of the molecule is CCOC(=O)c1cn2n[c]ccc2n1. The summed E-state index contributed by atoms with van der Waals surface area (Å²) in [6.45, 7) is 2.09. The van der Waals surface area contributed by atoms with Crippen molar-refractivity contribution in [2.75, 3.05) is 6.61 Å². The van der Waals surface area contributed by atoms with Gasteiger partial charge in [0.1, 0.15) is 6.20 Å². The highest BCUT2D eigenvalue weighted by Gasteiger charge is 2.11.